The molecular formula is C26H33N5O2. The summed E-state index contributed by atoms with van der Waals surface area (Å²) in [6, 6.07) is 8.21. The van der Waals surface area contributed by atoms with Crippen molar-refractivity contribution in [1.82, 2.24) is 20.1 Å². The Balaban J connectivity index is 1.39. The molecule has 0 bridgehead atoms. The molecule has 0 radical (unpaired) electrons. The summed E-state index contributed by atoms with van der Waals surface area (Å²) < 4.78 is 0. The first-order valence-electron chi connectivity index (χ1n) is 12.1. The Morgan fingerprint density at radius 1 is 1.21 bits per heavy atom. The van der Waals surface area contributed by atoms with Gasteiger partial charge >= 0.3 is 0 Å². The molecule has 7 nitrogen and oxygen atoms in total. The lowest BCUT2D eigenvalue weighted by Gasteiger charge is -2.29. The number of carbonyl (C=O) groups excluding carboxylic acids is 2. The first kappa shape index (κ1) is 21.7. The molecular weight excluding hydrogens is 414 g/mol. The first-order chi connectivity index (χ1) is 15.8. The van der Waals surface area contributed by atoms with Crippen LogP contribution < -0.4 is 4.90 Å². The van der Waals surface area contributed by atoms with E-state index in [4.69, 9.17) is 0 Å². The zero-order valence-electron chi connectivity index (χ0n) is 19.8. The van der Waals surface area contributed by atoms with Crippen LogP contribution >= 0.6 is 0 Å². The number of amides is 2. The summed E-state index contributed by atoms with van der Waals surface area (Å²) >= 11 is 0. The summed E-state index contributed by atoms with van der Waals surface area (Å²) in [6.07, 6.45) is 5.64. The molecule has 0 saturated carbocycles. The maximum Gasteiger partial charge on any atom is 0.246 e. The second-order valence-electron chi connectivity index (χ2n) is 10.2. The van der Waals surface area contributed by atoms with E-state index >= 15 is 0 Å². The van der Waals surface area contributed by atoms with E-state index in [0.29, 0.717) is 24.9 Å². The number of fused-ring (bicyclic) bond motifs is 2. The van der Waals surface area contributed by atoms with Crippen molar-refractivity contribution < 1.29 is 9.59 Å². The van der Waals surface area contributed by atoms with Gasteiger partial charge in [0, 0.05) is 47.4 Å². The number of benzene rings is 1. The Morgan fingerprint density at radius 2 is 2.06 bits per heavy atom. The number of aromatic amines is 2. The number of nitrogens with one attached hydrogen (secondary N) is 2. The van der Waals surface area contributed by atoms with Crippen molar-refractivity contribution >= 4 is 28.4 Å². The number of likely N-dealkylation sites (N-methyl/N-ethyl adjacent to an activating group) is 1. The normalized spacial score (nSPS) is 17.9. The summed E-state index contributed by atoms with van der Waals surface area (Å²) in [5.74, 6) is 0.0451. The van der Waals surface area contributed by atoms with Crippen molar-refractivity contribution in [2.45, 2.75) is 59.3 Å². The van der Waals surface area contributed by atoms with E-state index in [-0.39, 0.29) is 18.4 Å². The minimum atomic E-state index is -0.0390. The highest BCUT2D eigenvalue weighted by Crippen LogP contribution is 2.38. The van der Waals surface area contributed by atoms with Crippen LogP contribution in [0.25, 0.3) is 22.3 Å². The summed E-state index contributed by atoms with van der Waals surface area (Å²) in [5.41, 5.74) is 6.71. The van der Waals surface area contributed by atoms with Crippen LogP contribution in [0.2, 0.25) is 0 Å². The van der Waals surface area contributed by atoms with Gasteiger partial charge in [-0.2, -0.15) is 5.10 Å². The van der Waals surface area contributed by atoms with Gasteiger partial charge < -0.3 is 14.8 Å². The predicted molar refractivity (Wildman–Crippen MR) is 130 cm³/mol. The van der Waals surface area contributed by atoms with E-state index in [1.165, 1.54) is 11.3 Å². The van der Waals surface area contributed by atoms with E-state index in [0.717, 1.165) is 60.1 Å². The van der Waals surface area contributed by atoms with E-state index in [1.54, 1.807) is 9.80 Å². The van der Waals surface area contributed by atoms with Gasteiger partial charge in [0.15, 0.2) is 0 Å². The molecule has 174 valence electrons. The van der Waals surface area contributed by atoms with Crippen molar-refractivity contribution in [3.63, 3.8) is 0 Å². The lowest BCUT2D eigenvalue weighted by molar-refractivity contribution is -0.137. The summed E-state index contributed by atoms with van der Waals surface area (Å²) in [7, 11) is 0. The number of hydrogen-bond donors (Lipinski definition) is 2. The van der Waals surface area contributed by atoms with E-state index in [1.807, 2.05) is 19.1 Å². The van der Waals surface area contributed by atoms with Crippen molar-refractivity contribution in [2.24, 2.45) is 5.41 Å². The monoisotopic (exact) mass is 447 g/mol. The standard InChI is InChI=1S/C26H33N5O2/c1-4-31(24(33)16-30-12-6-5-7-23(30)32)18-9-8-17-13-21(27-20(17)14-18)25-19-10-11-26(2,3)15-22(19)28-29-25/h8-9,13-14,27H,4-7,10-12,15-16H2,1-3H3,(H,28,29). The van der Waals surface area contributed by atoms with Gasteiger partial charge in [-0.3, -0.25) is 14.7 Å². The summed E-state index contributed by atoms with van der Waals surface area (Å²) in [5, 5.41) is 9.00. The number of carbonyl (C=O) groups is 2. The third-order valence-electron chi connectivity index (χ3n) is 7.20. The van der Waals surface area contributed by atoms with Crippen LogP contribution in [0.1, 0.15) is 57.7 Å². The van der Waals surface area contributed by atoms with Gasteiger partial charge in [-0.05, 0) is 62.6 Å². The Labute approximate surface area is 194 Å². The summed E-state index contributed by atoms with van der Waals surface area (Å²) in [6.45, 7) is 7.97. The average molecular weight is 448 g/mol. The van der Waals surface area contributed by atoms with Gasteiger partial charge in [0.2, 0.25) is 11.8 Å². The molecule has 3 aromatic rings. The predicted octanol–water partition coefficient (Wildman–Crippen LogP) is 4.44. The molecule has 1 aromatic carbocycles. The SMILES string of the molecule is CCN(C(=O)CN1CCCCC1=O)c1ccc2cc(-c3n[nH]c4c3CCC(C)(C)C4)[nH]c2c1. The van der Waals surface area contributed by atoms with Crippen LogP contribution in [0.5, 0.6) is 0 Å². The minimum absolute atomic E-state index is 0.0390. The topological polar surface area (TPSA) is 85.1 Å². The smallest absolute Gasteiger partial charge is 0.246 e. The number of piperidine rings is 1. The van der Waals surface area contributed by atoms with Gasteiger partial charge in [-0.1, -0.05) is 19.9 Å². The van der Waals surface area contributed by atoms with E-state index < -0.39 is 0 Å². The highest BCUT2D eigenvalue weighted by atomic mass is 16.2. The van der Waals surface area contributed by atoms with Gasteiger partial charge in [-0.15, -0.1) is 0 Å². The second kappa shape index (κ2) is 8.36. The molecule has 1 saturated heterocycles. The zero-order valence-corrected chi connectivity index (χ0v) is 19.8. The molecule has 7 heteroatoms. The number of nitrogens with zero attached hydrogens (tertiary/aromatic N) is 3. The molecule has 2 aliphatic rings. The number of rotatable bonds is 5. The number of aromatic nitrogens is 3. The maximum atomic E-state index is 13.0. The quantitative estimate of drug-likeness (QED) is 0.606. The molecule has 5 rings (SSSR count). The third kappa shape index (κ3) is 4.16. The molecule has 2 aromatic heterocycles. The first-order valence-corrected chi connectivity index (χ1v) is 12.1. The molecule has 0 spiro atoms. The van der Waals surface area contributed by atoms with Crippen LogP contribution in [0.15, 0.2) is 24.3 Å². The van der Waals surface area contributed by atoms with E-state index in [9.17, 15) is 9.59 Å². The van der Waals surface area contributed by atoms with Gasteiger partial charge in [0.25, 0.3) is 0 Å². The van der Waals surface area contributed by atoms with Crippen LogP contribution in [-0.2, 0) is 22.4 Å². The lowest BCUT2D eigenvalue weighted by Crippen LogP contribution is -2.44. The van der Waals surface area contributed by atoms with Gasteiger partial charge in [0.05, 0.1) is 5.69 Å². The molecule has 2 N–H and O–H groups in total. The van der Waals surface area contributed by atoms with Crippen LogP contribution in [0.3, 0.4) is 0 Å². The lowest BCUT2D eigenvalue weighted by atomic mass is 9.76. The van der Waals surface area contributed by atoms with Crippen LogP contribution in [-0.4, -0.2) is 51.5 Å². The van der Waals surface area contributed by atoms with Crippen LogP contribution in [0.4, 0.5) is 5.69 Å². The number of anilines is 1. The molecule has 3 heterocycles. The average Bonchev–Trinajstić information content (AvgIpc) is 3.38. The van der Waals surface area contributed by atoms with Crippen molar-refractivity contribution in [3.05, 3.63) is 35.5 Å². The fourth-order valence-corrected chi connectivity index (χ4v) is 5.26. The number of hydrogen-bond acceptors (Lipinski definition) is 3. The molecule has 0 atom stereocenters. The fraction of sp³-hybridized carbons (Fsp3) is 0.500. The second-order valence-corrected chi connectivity index (χ2v) is 10.2. The van der Waals surface area contributed by atoms with Crippen molar-refractivity contribution in [1.29, 1.82) is 0 Å². The third-order valence-corrected chi connectivity index (χ3v) is 7.20. The van der Waals surface area contributed by atoms with Gasteiger partial charge in [-0.25, -0.2) is 0 Å². The molecule has 2 amide bonds. The number of likely N-dealkylation sites (tertiary alicyclic amines) is 1. The van der Waals surface area contributed by atoms with Crippen molar-refractivity contribution in [2.75, 3.05) is 24.5 Å². The van der Waals surface area contributed by atoms with Gasteiger partial charge in [0.1, 0.15) is 12.2 Å². The van der Waals surface area contributed by atoms with Crippen molar-refractivity contribution in [3.8, 4) is 11.4 Å². The molecule has 1 fully saturated rings. The molecule has 33 heavy (non-hydrogen) atoms. The Bertz CT molecular complexity index is 1200. The highest BCUT2D eigenvalue weighted by Gasteiger charge is 2.29. The summed E-state index contributed by atoms with van der Waals surface area (Å²) in [4.78, 5) is 32.2. The molecule has 1 aliphatic heterocycles. The minimum Gasteiger partial charge on any atom is -0.353 e. The zero-order chi connectivity index (χ0) is 23.2. The molecule has 1 aliphatic carbocycles. The van der Waals surface area contributed by atoms with E-state index in [2.05, 4.69) is 41.2 Å². The fourth-order valence-electron chi connectivity index (χ4n) is 5.26. The van der Waals surface area contributed by atoms with Crippen LogP contribution in [0, 0.1) is 5.41 Å². The largest absolute Gasteiger partial charge is 0.353 e. The Morgan fingerprint density at radius 3 is 2.85 bits per heavy atom. The maximum absolute atomic E-state index is 13.0. The Hall–Kier alpha value is -3.09. The Kier molecular flexibility index (Phi) is 5.51. The highest BCUT2D eigenvalue weighted by molar-refractivity contribution is 5.99. The number of H-pyrrole nitrogens is 2. The molecule has 0 unspecified atom stereocenters.